The van der Waals surface area contributed by atoms with E-state index in [1.807, 2.05) is 18.2 Å². The molecule has 0 unspecified atom stereocenters. The average Bonchev–Trinajstić information content (AvgIpc) is 2.82. The van der Waals surface area contributed by atoms with Crippen LogP contribution < -0.4 is 25.6 Å². The van der Waals surface area contributed by atoms with Gasteiger partial charge in [-0.15, -0.1) is 0 Å². The van der Waals surface area contributed by atoms with Gasteiger partial charge in [0.2, 0.25) is 5.91 Å². The van der Waals surface area contributed by atoms with Crippen molar-refractivity contribution >= 4 is 34.8 Å². The van der Waals surface area contributed by atoms with Crippen LogP contribution in [0.25, 0.3) is 0 Å². The van der Waals surface area contributed by atoms with Gasteiger partial charge < -0.3 is 25.6 Å². The molecule has 0 radical (unpaired) electrons. The maximum Gasteiger partial charge on any atom is 0.313 e. The summed E-state index contributed by atoms with van der Waals surface area (Å²) in [6.07, 6.45) is 0.756. The van der Waals surface area contributed by atoms with Crippen molar-refractivity contribution in [1.29, 1.82) is 0 Å². The van der Waals surface area contributed by atoms with Gasteiger partial charge in [0.05, 0.1) is 12.8 Å². The molecule has 0 aromatic heterocycles. The fourth-order valence-electron chi connectivity index (χ4n) is 3.75. The minimum atomic E-state index is -0.736. The Kier molecular flexibility index (Phi) is 8.65. The van der Waals surface area contributed by atoms with E-state index in [0.717, 1.165) is 50.6 Å². The van der Waals surface area contributed by atoms with Gasteiger partial charge in [-0.25, -0.2) is 0 Å². The number of para-hydroxylation sites is 2. The van der Waals surface area contributed by atoms with Crippen molar-refractivity contribution in [2.24, 2.45) is 0 Å². The summed E-state index contributed by atoms with van der Waals surface area (Å²) in [6.45, 7) is 6.35. The standard InChI is InChI=1S/C24H31N5O4/c1-18(30)26-19-7-5-8-20(17-19)27-24(32)23(31)25-11-6-12-28-13-15-29(16-14-28)21-9-3-4-10-22(21)33-2/h3-5,7-10,17H,6,11-16H2,1-2H3,(H,25,31)(H,26,30)(H,27,32). The SMILES string of the molecule is COc1ccccc1N1CCN(CCCNC(=O)C(=O)Nc2cccc(NC(C)=O)c2)CC1. The second-order valence-corrected chi connectivity index (χ2v) is 7.83. The van der Waals surface area contributed by atoms with Crippen LogP contribution in [-0.4, -0.2) is 69.0 Å². The first kappa shape index (κ1) is 24.1. The van der Waals surface area contributed by atoms with Crippen molar-refractivity contribution in [2.45, 2.75) is 13.3 Å². The van der Waals surface area contributed by atoms with Crippen molar-refractivity contribution in [1.82, 2.24) is 10.2 Å². The van der Waals surface area contributed by atoms with Crippen molar-refractivity contribution < 1.29 is 19.1 Å². The Labute approximate surface area is 194 Å². The average molecular weight is 454 g/mol. The van der Waals surface area contributed by atoms with E-state index in [0.29, 0.717) is 17.9 Å². The lowest BCUT2D eigenvalue weighted by Crippen LogP contribution is -2.47. The zero-order valence-electron chi connectivity index (χ0n) is 19.1. The third kappa shape index (κ3) is 7.21. The number of amides is 3. The van der Waals surface area contributed by atoms with Gasteiger partial charge in [-0.3, -0.25) is 19.3 Å². The summed E-state index contributed by atoms with van der Waals surface area (Å²) in [6, 6.07) is 14.7. The first-order valence-corrected chi connectivity index (χ1v) is 11.0. The molecular formula is C24H31N5O4. The number of hydrogen-bond donors (Lipinski definition) is 3. The summed E-state index contributed by atoms with van der Waals surface area (Å²) in [5, 5.41) is 7.85. The molecule has 3 amide bonds. The summed E-state index contributed by atoms with van der Waals surface area (Å²) in [5.41, 5.74) is 2.10. The van der Waals surface area contributed by atoms with E-state index in [1.54, 1.807) is 31.4 Å². The van der Waals surface area contributed by atoms with E-state index in [9.17, 15) is 14.4 Å². The van der Waals surface area contributed by atoms with Crippen molar-refractivity contribution in [3.63, 3.8) is 0 Å². The number of nitrogens with zero attached hydrogens (tertiary/aromatic N) is 2. The molecule has 0 atom stereocenters. The Morgan fingerprint density at radius 3 is 2.30 bits per heavy atom. The van der Waals surface area contributed by atoms with E-state index in [4.69, 9.17) is 4.74 Å². The van der Waals surface area contributed by atoms with Crippen LogP contribution in [0.2, 0.25) is 0 Å². The molecule has 2 aromatic rings. The van der Waals surface area contributed by atoms with Crippen LogP contribution >= 0.6 is 0 Å². The number of methoxy groups -OCH3 is 1. The fourth-order valence-corrected chi connectivity index (χ4v) is 3.75. The molecule has 0 saturated carbocycles. The summed E-state index contributed by atoms with van der Waals surface area (Å²) in [7, 11) is 1.69. The Morgan fingerprint density at radius 2 is 1.61 bits per heavy atom. The highest BCUT2D eigenvalue weighted by Crippen LogP contribution is 2.28. The molecule has 33 heavy (non-hydrogen) atoms. The normalized spacial score (nSPS) is 13.8. The zero-order chi connectivity index (χ0) is 23.6. The molecule has 3 rings (SSSR count). The third-order valence-corrected chi connectivity index (χ3v) is 5.38. The Bertz CT molecular complexity index is 973. The topological polar surface area (TPSA) is 103 Å². The number of piperazine rings is 1. The summed E-state index contributed by atoms with van der Waals surface area (Å²) >= 11 is 0. The van der Waals surface area contributed by atoms with E-state index < -0.39 is 11.8 Å². The molecule has 176 valence electrons. The molecule has 1 saturated heterocycles. The molecule has 1 fully saturated rings. The predicted molar refractivity (Wildman–Crippen MR) is 129 cm³/mol. The summed E-state index contributed by atoms with van der Waals surface area (Å²) in [5.74, 6) is -0.743. The molecule has 0 bridgehead atoms. The van der Waals surface area contributed by atoms with E-state index in [2.05, 4.69) is 31.8 Å². The second-order valence-electron chi connectivity index (χ2n) is 7.83. The lowest BCUT2D eigenvalue weighted by atomic mass is 10.2. The number of nitrogens with one attached hydrogen (secondary N) is 3. The smallest absolute Gasteiger partial charge is 0.313 e. The van der Waals surface area contributed by atoms with Gasteiger partial charge in [0.25, 0.3) is 0 Å². The monoisotopic (exact) mass is 453 g/mol. The van der Waals surface area contributed by atoms with Crippen LogP contribution in [0.3, 0.4) is 0 Å². The number of carbonyl (C=O) groups is 3. The van der Waals surface area contributed by atoms with Crippen LogP contribution in [0, 0.1) is 0 Å². The van der Waals surface area contributed by atoms with Crippen molar-refractivity contribution in [3.05, 3.63) is 48.5 Å². The van der Waals surface area contributed by atoms with Gasteiger partial charge in [0.1, 0.15) is 5.75 Å². The summed E-state index contributed by atoms with van der Waals surface area (Å²) < 4.78 is 5.46. The minimum Gasteiger partial charge on any atom is -0.495 e. The second kappa shape index (κ2) is 11.9. The first-order valence-electron chi connectivity index (χ1n) is 11.0. The van der Waals surface area contributed by atoms with Crippen LogP contribution in [0.5, 0.6) is 5.75 Å². The Balaban J connectivity index is 1.35. The maximum atomic E-state index is 12.1. The predicted octanol–water partition coefficient (Wildman–Crippen LogP) is 1.92. The minimum absolute atomic E-state index is 0.211. The fraction of sp³-hybridized carbons (Fsp3) is 0.375. The van der Waals surface area contributed by atoms with Gasteiger partial charge >= 0.3 is 11.8 Å². The van der Waals surface area contributed by atoms with Crippen LogP contribution in [0.15, 0.2) is 48.5 Å². The molecule has 9 nitrogen and oxygen atoms in total. The van der Waals surface area contributed by atoms with E-state index in [-0.39, 0.29) is 5.91 Å². The molecule has 2 aromatic carbocycles. The van der Waals surface area contributed by atoms with Crippen LogP contribution in [0.1, 0.15) is 13.3 Å². The maximum absolute atomic E-state index is 12.1. The molecule has 0 aliphatic carbocycles. The van der Waals surface area contributed by atoms with Gasteiger partial charge in [-0.2, -0.15) is 0 Å². The van der Waals surface area contributed by atoms with E-state index in [1.165, 1.54) is 6.92 Å². The van der Waals surface area contributed by atoms with Crippen LogP contribution in [0.4, 0.5) is 17.1 Å². The molecule has 9 heteroatoms. The Hall–Kier alpha value is -3.59. The highest BCUT2D eigenvalue weighted by atomic mass is 16.5. The van der Waals surface area contributed by atoms with Crippen molar-refractivity contribution in [2.75, 3.05) is 61.9 Å². The number of ether oxygens (including phenoxy) is 1. The van der Waals surface area contributed by atoms with Gasteiger partial charge in [0, 0.05) is 51.0 Å². The van der Waals surface area contributed by atoms with Gasteiger partial charge in [0.15, 0.2) is 0 Å². The number of rotatable bonds is 8. The summed E-state index contributed by atoms with van der Waals surface area (Å²) in [4.78, 5) is 40.0. The third-order valence-electron chi connectivity index (χ3n) is 5.38. The van der Waals surface area contributed by atoms with E-state index >= 15 is 0 Å². The van der Waals surface area contributed by atoms with Crippen molar-refractivity contribution in [3.8, 4) is 5.75 Å². The lowest BCUT2D eigenvalue weighted by molar-refractivity contribution is -0.136. The molecule has 1 aliphatic rings. The van der Waals surface area contributed by atoms with Crippen LogP contribution in [-0.2, 0) is 14.4 Å². The molecule has 1 heterocycles. The number of carbonyl (C=O) groups excluding carboxylic acids is 3. The quantitative estimate of drug-likeness (QED) is 0.417. The Morgan fingerprint density at radius 1 is 0.909 bits per heavy atom. The largest absolute Gasteiger partial charge is 0.495 e. The number of benzene rings is 2. The first-order chi connectivity index (χ1) is 16.0. The van der Waals surface area contributed by atoms with Gasteiger partial charge in [-0.1, -0.05) is 18.2 Å². The number of hydrogen-bond acceptors (Lipinski definition) is 6. The molecule has 3 N–H and O–H groups in total. The van der Waals surface area contributed by atoms with Gasteiger partial charge in [-0.05, 0) is 43.3 Å². The highest BCUT2D eigenvalue weighted by molar-refractivity contribution is 6.39. The molecule has 0 spiro atoms. The molecular weight excluding hydrogens is 422 g/mol. The highest BCUT2D eigenvalue weighted by Gasteiger charge is 2.19. The number of anilines is 3. The molecule has 1 aliphatic heterocycles. The zero-order valence-corrected chi connectivity index (χ0v) is 19.1. The lowest BCUT2D eigenvalue weighted by Gasteiger charge is -2.36.